The summed E-state index contributed by atoms with van der Waals surface area (Å²) in [6.45, 7) is 2.56. The number of anilines is 1. The lowest BCUT2D eigenvalue weighted by Crippen LogP contribution is -2.35. The summed E-state index contributed by atoms with van der Waals surface area (Å²) in [6.07, 6.45) is 1.40. The van der Waals surface area contributed by atoms with Gasteiger partial charge in [-0.05, 0) is 42.2 Å². The van der Waals surface area contributed by atoms with E-state index in [1.165, 1.54) is 12.1 Å². The smallest absolute Gasteiger partial charge is 0.269 e. The Kier molecular flexibility index (Phi) is 6.39. The van der Waals surface area contributed by atoms with Gasteiger partial charge >= 0.3 is 0 Å². The Morgan fingerprint density at radius 2 is 1.77 bits per heavy atom. The number of aliphatic hydroxyl groups excluding tert-OH is 1. The highest BCUT2D eigenvalue weighted by atomic mass is 16.6. The molecule has 1 atom stereocenters. The molecule has 0 saturated carbocycles. The van der Waals surface area contributed by atoms with Crippen LogP contribution in [0.1, 0.15) is 35.4 Å². The normalized spacial score (nSPS) is 18.8. The Balaban J connectivity index is 1.47. The van der Waals surface area contributed by atoms with Crippen LogP contribution in [0.3, 0.4) is 0 Å². The number of likely N-dealkylation sites (tertiary alicyclic amines) is 1. The van der Waals surface area contributed by atoms with E-state index >= 15 is 0 Å². The van der Waals surface area contributed by atoms with Gasteiger partial charge in [0.05, 0.1) is 22.4 Å². The van der Waals surface area contributed by atoms with Crippen LogP contribution in [0.5, 0.6) is 0 Å². The van der Waals surface area contributed by atoms with Gasteiger partial charge in [0.15, 0.2) is 0 Å². The molecule has 5 rings (SSSR count). The zero-order valence-electron chi connectivity index (χ0n) is 19.1. The number of aliphatic hydroxyl groups is 1. The number of aliphatic imine (C=N–C) groups is 1. The molecular weight excluding hydrogens is 444 g/mol. The highest BCUT2D eigenvalue weighted by molar-refractivity contribution is 6.24. The molecule has 2 aliphatic heterocycles. The summed E-state index contributed by atoms with van der Waals surface area (Å²) in [4.78, 5) is 31.1. The van der Waals surface area contributed by atoms with Crippen LogP contribution in [0, 0.1) is 10.1 Å². The largest absolute Gasteiger partial charge is 0.393 e. The monoisotopic (exact) mass is 470 g/mol. The fraction of sp³-hybridized carbons (Fsp3) is 0.259. The number of nitro benzene ring substituents is 1. The molecule has 0 spiro atoms. The second-order valence-corrected chi connectivity index (χ2v) is 8.99. The van der Waals surface area contributed by atoms with Gasteiger partial charge in [-0.2, -0.15) is 0 Å². The first-order valence-electron chi connectivity index (χ1n) is 11.7. The molecular formula is C27H26N4O4. The number of nitrogens with zero attached hydrogens (tertiary/aromatic N) is 3. The van der Waals surface area contributed by atoms with Gasteiger partial charge in [0.2, 0.25) is 5.91 Å². The molecule has 2 N–H and O–H groups in total. The zero-order valence-corrected chi connectivity index (χ0v) is 19.1. The van der Waals surface area contributed by atoms with Crippen molar-refractivity contribution in [2.75, 3.05) is 18.4 Å². The Morgan fingerprint density at radius 1 is 1.06 bits per heavy atom. The van der Waals surface area contributed by atoms with Crippen molar-refractivity contribution in [3.8, 4) is 0 Å². The minimum Gasteiger partial charge on any atom is -0.393 e. The molecule has 2 heterocycles. The van der Waals surface area contributed by atoms with Crippen LogP contribution in [-0.4, -0.2) is 45.7 Å². The van der Waals surface area contributed by atoms with Crippen molar-refractivity contribution < 1.29 is 14.8 Å². The summed E-state index contributed by atoms with van der Waals surface area (Å²) < 4.78 is 0. The number of non-ortho nitro benzene ring substituents is 1. The first kappa shape index (κ1) is 22.9. The predicted octanol–water partition coefficient (Wildman–Crippen LogP) is 4.41. The van der Waals surface area contributed by atoms with E-state index in [2.05, 4.69) is 10.2 Å². The molecule has 0 aliphatic carbocycles. The van der Waals surface area contributed by atoms with Crippen LogP contribution in [0.4, 0.5) is 17.1 Å². The minimum atomic E-state index is -0.758. The van der Waals surface area contributed by atoms with Crippen molar-refractivity contribution in [3.05, 3.63) is 99.6 Å². The minimum absolute atomic E-state index is 0.0627. The second kappa shape index (κ2) is 9.77. The summed E-state index contributed by atoms with van der Waals surface area (Å²) in [6, 6.07) is 21.8. The van der Waals surface area contributed by atoms with E-state index in [0.29, 0.717) is 22.6 Å². The Hall–Kier alpha value is -3.88. The van der Waals surface area contributed by atoms with Crippen molar-refractivity contribution in [2.24, 2.45) is 4.99 Å². The third-order valence-electron chi connectivity index (χ3n) is 6.57. The van der Waals surface area contributed by atoms with E-state index in [9.17, 15) is 20.0 Å². The lowest BCUT2D eigenvalue weighted by molar-refractivity contribution is -0.384. The maximum absolute atomic E-state index is 13.0. The zero-order chi connectivity index (χ0) is 24.4. The Bertz CT molecular complexity index is 1270. The number of carbonyl (C=O) groups is 1. The number of piperidine rings is 1. The van der Waals surface area contributed by atoms with Crippen molar-refractivity contribution in [2.45, 2.75) is 31.4 Å². The molecule has 8 nitrogen and oxygen atoms in total. The van der Waals surface area contributed by atoms with E-state index in [1.807, 2.05) is 54.6 Å². The number of carbonyl (C=O) groups excluding carboxylic acids is 1. The van der Waals surface area contributed by atoms with Gasteiger partial charge in [0.1, 0.15) is 5.92 Å². The van der Waals surface area contributed by atoms with E-state index in [4.69, 9.17) is 4.99 Å². The average molecular weight is 471 g/mol. The third-order valence-corrected chi connectivity index (χ3v) is 6.57. The molecule has 178 valence electrons. The second-order valence-electron chi connectivity index (χ2n) is 8.99. The van der Waals surface area contributed by atoms with Crippen molar-refractivity contribution >= 4 is 28.7 Å². The predicted molar refractivity (Wildman–Crippen MR) is 134 cm³/mol. The molecule has 8 heteroatoms. The third kappa shape index (κ3) is 4.99. The number of nitro groups is 1. The van der Waals surface area contributed by atoms with Crippen LogP contribution in [-0.2, 0) is 11.3 Å². The number of benzene rings is 3. The van der Waals surface area contributed by atoms with Gasteiger partial charge in [-0.1, -0.05) is 42.5 Å². The van der Waals surface area contributed by atoms with Crippen molar-refractivity contribution in [1.29, 1.82) is 0 Å². The number of hydrogen-bond acceptors (Lipinski definition) is 6. The van der Waals surface area contributed by atoms with Gasteiger partial charge < -0.3 is 10.4 Å². The van der Waals surface area contributed by atoms with Gasteiger partial charge in [-0.15, -0.1) is 0 Å². The number of nitrogens with one attached hydrogen (secondary N) is 1. The van der Waals surface area contributed by atoms with Gasteiger partial charge in [-0.25, -0.2) is 0 Å². The summed E-state index contributed by atoms with van der Waals surface area (Å²) >= 11 is 0. The quantitative estimate of drug-likeness (QED) is 0.315. The summed E-state index contributed by atoms with van der Waals surface area (Å²) in [5.74, 6) is -1.02. The lowest BCUT2D eigenvalue weighted by atomic mass is 9.90. The summed E-state index contributed by atoms with van der Waals surface area (Å²) in [5, 5.41) is 23.9. The molecule has 2 aliphatic rings. The molecule has 1 saturated heterocycles. The van der Waals surface area contributed by atoms with Crippen LogP contribution >= 0.6 is 0 Å². The number of fused-ring (bicyclic) bond motifs is 1. The topological polar surface area (TPSA) is 108 Å². The maximum Gasteiger partial charge on any atom is 0.269 e. The molecule has 1 fully saturated rings. The van der Waals surface area contributed by atoms with E-state index in [1.54, 1.807) is 6.07 Å². The van der Waals surface area contributed by atoms with Crippen LogP contribution in [0.25, 0.3) is 0 Å². The SMILES string of the molecule is O=C1Nc2ccc([N+](=O)[O-])cc2C1C(=Nc1ccc(CN2CCC(O)CC2)cc1)c1ccccc1. The average Bonchev–Trinajstić information content (AvgIpc) is 3.20. The molecule has 0 bridgehead atoms. The molecule has 3 aromatic carbocycles. The van der Waals surface area contributed by atoms with Gasteiger partial charge in [0, 0.05) is 43.0 Å². The molecule has 0 aromatic heterocycles. The van der Waals surface area contributed by atoms with E-state index in [0.717, 1.165) is 43.6 Å². The van der Waals surface area contributed by atoms with Crippen molar-refractivity contribution in [3.63, 3.8) is 0 Å². The number of amides is 1. The van der Waals surface area contributed by atoms with Crippen LogP contribution in [0.2, 0.25) is 0 Å². The fourth-order valence-electron chi connectivity index (χ4n) is 4.69. The molecule has 1 amide bonds. The van der Waals surface area contributed by atoms with Gasteiger partial charge in [-0.3, -0.25) is 24.8 Å². The molecule has 1 unspecified atom stereocenters. The highest BCUT2D eigenvalue weighted by Gasteiger charge is 2.36. The Labute approximate surface area is 203 Å². The Morgan fingerprint density at radius 3 is 2.46 bits per heavy atom. The highest BCUT2D eigenvalue weighted by Crippen LogP contribution is 2.38. The van der Waals surface area contributed by atoms with Crippen LogP contribution in [0.15, 0.2) is 77.8 Å². The maximum atomic E-state index is 13.0. The molecule has 35 heavy (non-hydrogen) atoms. The summed E-state index contributed by atoms with van der Waals surface area (Å²) in [5.41, 5.74) is 4.23. The fourth-order valence-corrected chi connectivity index (χ4v) is 4.69. The number of rotatable bonds is 6. The van der Waals surface area contributed by atoms with E-state index < -0.39 is 10.8 Å². The standard InChI is InChI=1S/C27H26N4O4/c32-22-12-14-30(15-13-22)17-18-6-8-20(9-7-18)28-26(19-4-2-1-3-5-19)25-23-16-21(31(34)35)10-11-24(23)29-27(25)33/h1-11,16,22,25,32H,12-15,17H2,(H,29,33). The first-order valence-corrected chi connectivity index (χ1v) is 11.7. The van der Waals surface area contributed by atoms with Crippen LogP contribution < -0.4 is 5.32 Å². The molecule has 3 aromatic rings. The number of hydrogen-bond donors (Lipinski definition) is 2. The summed E-state index contributed by atoms with van der Waals surface area (Å²) in [7, 11) is 0. The van der Waals surface area contributed by atoms with E-state index in [-0.39, 0.29) is 17.7 Å². The first-order chi connectivity index (χ1) is 17.0. The van der Waals surface area contributed by atoms with Gasteiger partial charge in [0.25, 0.3) is 5.69 Å². The lowest BCUT2D eigenvalue weighted by Gasteiger charge is -2.29. The molecule has 0 radical (unpaired) electrons. The van der Waals surface area contributed by atoms with Crippen molar-refractivity contribution in [1.82, 2.24) is 4.90 Å².